The Bertz CT molecular complexity index is 1080. The van der Waals surface area contributed by atoms with Crippen LogP contribution in [0.1, 0.15) is 40.2 Å². The Labute approximate surface area is 218 Å². The minimum absolute atomic E-state index is 0. The highest BCUT2D eigenvalue weighted by Gasteiger charge is 2.27. The Morgan fingerprint density at radius 3 is 2.60 bits per heavy atom. The maximum Gasteiger partial charge on any atom is 0.257 e. The monoisotopic (exact) mass is 514 g/mol. The number of nitrogens with one attached hydrogen (secondary N) is 1. The molecule has 0 aliphatic carbocycles. The van der Waals surface area contributed by atoms with Gasteiger partial charge in [-0.25, -0.2) is 4.98 Å². The summed E-state index contributed by atoms with van der Waals surface area (Å²) in [5, 5.41) is 5.28. The van der Waals surface area contributed by atoms with Gasteiger partial charge in [0.25, 0.3) is 5.91 Å². The van der Waals surface area contributed by atoms with Crippen molar-refractivity contribution in [3.05, 3.63) is 70.0 Å². The third-order valence-corrected chi connectivity index (χ3v) is 7.00. The van der Waals surface area contributed by atoms with Crippen LogP contribution >= 0.6 is 24.8 Å². The lowest BCUT2D eigenvalue weighted by atomic mass is 10.1. The lowest BCUT2D eigenvalue weighted by Crippen LogP contribution is -2.34. The number of hydrogen-bond donors (Lipinski definition) is 1. The maximum absolute atomic E-state index is 13.3. The highest BCUT2D eigenvalue weighted by Crippen LogP contribution is 2.30. The lowest BCUT2D eigenvalue weighted by molar-refractivity contribution is 0.0754. The second-order valence-corrected chi connectivity index (χ2v) is 9.19. The van der Waals surface area contributed by atoms with Crippen molar-refractivity contribution in [2.45, 2.75) is 26.0 Å². The third kappa shape index (κ3) is 6.48. The number of pyridine rings is 1. The molecule has 188 valence electrons. The third-order valence-electron chi connectivity index (χ3n) is 6.04. The van der Waals surface area contributed by atoms with Crippen molar-refractivity contribution in [3.8, 4) is 11.6 Å². The molecule has 3 aromatic rings. The Kier molecular flexibility index (Phi) is 9.83. The van der Waals surface area contributed by atoms with E-state index in [0.717, 1.165) is 43.1 Å². The van der Waals surface area contributed by atoms with Crippen molar-refractivity contribution < 1.29 is 14.3 Å². The van der Waals surface area contributed by atoms with Crippen molar-refractivity contribution in [1.82, 2.24) is 15.2 Å². The zero-order chi connectivity index (χ0) is 23.9. The molecular formula is C26H34N4O3S2. The number of benzene rings is 1. The molecule has 9 heteroatoms. The van der Waals surface area contributed by atoms with Gasteiger partial charge in [0, 0.05) is 49.7 Å². The van der Waals surface area contributed by atoms with Crippen molar-refractivity contribution in [2.24, 2.45) is 0 Å². The van der Waals surface area contributed by atoms with E-state index in [-0.39, 0.29) is 25.5 Å². The number of fused-ring (bicyclic) bond motifs is 1. The Balaban J connectivity index is 0.00000342. The molecule has 0 radical (unpaired) electrons. The molecule has 1 atom stereocenters. The van der Waals surface area contributed by atoms with Gasteiger partial charge in [0.05, 0.1) is 18.4 Å². The maximum atomic E-state index is 13.3. The number of carbonyl (C=O) groups excluding carboxylic acids is 1. The van der Waals surface area contributed by atoms with Gasteiger partial charge < -0.3 is 24.6 Å². The molecule has 1 amide bonds. The summed E-state index contributed by atoms with van der Waals surface area (Å²) >= 11 is 1.71. The standard InChI is InChI=1S/C26H32N4O3S.H2S/c1-4-29-13-14-30(26(31)21-17-28-25(32-3)16-22(21)29)18-19-7-9-20(10-8-19)33-23(11-12-27-2)24-6-5-15-34-24;/h5-10,15-17,23,27H,4,11-14,18H2,1-3H3;1H2/t23-;/m0./s1. The number of nitrogens with zero attached hydrogens (tertiary/aromatic N) is 3. The van der Waals surface area contributed by atoms with Gasteiger partial charge in [0.15, 0.2) is 0 Å². The molecule has 2 aromatic heterocycles. The number of anilines is 1. The van der Waals surface area contributed by atoms with Crippen LogP contribution in [0.3, 0.4) is 0 Å². The number of rotatable bonds is 10. The first-order valence-electron chi connectivity index (χ1n) is 11.6. The largest absolute Gasteiger partial charge is 0.485 e. The van der Waals surface area contributed by atoms with Gasteiger partial charge in [-0.2, -0.15) is 13.5 Å². The summed E-state index contributed by atoms with van der Waals surface area (Å²) in [6.07, 6.45) is 2.55. The van der Waals surface area contributed by atoms with E-state index in [2.05, 4.69) is 39.6 Å². The molecule has 0 fully saturated rings. The fourth-order valence-corrected chi connectivity index (χ4v) is 4.93. The SMILES string of the molecule is CCN1CCN(Cc2ccc(O[C@@H](CCNC)c3cccs3)cc2)C(=O)c2cnc(OC)cc21.S. The van der Waals surface area contributed by atoms with Gasteiger partial charge in [-0.1, -0.05) is 18.2 Å². The van der Waals surface area contributed by atoms with Crippen LogP contribution < -0.4 is 19.7 Å². The number of aromatic nitrogens is 1. The summed E-state index contributed by atoms with van der Waals surface area (Å²) in [5.74, 6) is 1.34. The van der Waals surface area contributed by atoms with Crippen molar-refractivity contribution >= 4 is 36.4 Å². The van der Waals surface area contributed by atoms with Crippen LogP contribution in [-0.4, -0.2) is 56.1 Å². The molecule has 1 N–H and O–H groups in total. The number of methoxy groups -OCH3 is 1. The molecule has 1 aliphatic rings. The average molecular weight is 515 g/mol. The Hall–Kier alpha value is -2.75. The first-order valence-corrected chi connectivity index (χ1v) is 12.5. The van der Waals surface area contributed by atoms with E-state index in [4.69, 9.17) is 9.47 Å². The number of hydrogen-bond acceptors (Lipinski definition) is 7. The quantitative estimate of drug-likeness (QED) is 0.431. The lowest BCUT2D eigenvalue weighted by Gasteiger charge is -2.23. The molecule has 4 rings (SSSR count). The molecule has 35 heavy (non-hydrogen) atoms. The Morgan fingerprint density at radius 2 is 1.94 bits per heavy atom. The summed E-state index contributed by atoms with van der Waals surface area (Å²) in [4.78, 5) is 22.9. The normalized spacial score (nSPS) is 14.1. The molecule has 0 spiro atoms. The minimum atomic E-state index is -0.00810. The molecule has 0 unspecified atom stereocenters. The first-order chi connectivity index (χ1) is 16.6. The fraction of sp³-hybridized carbons (Fsp3) is 0.385. The first kappa shape index (κ1) is 26.8. The highest BCUT2D eigenvalue weighted by molar-refractivity contribution is 7.59. The Morgan fingerprint density at radius 1 is 1.17 bits per heavy atom. The van der Waals surface area contributed by atoms with Gasteiger partial charge in [-0.15, -0.1) is 11.3 Å². The number of amides is 1. The molecule has 0 bridgehead atoms. The predicted octanol–water partition coefficient (Wildman–Crippen LogP) is 4.48. The van der Waals surface area contributed by atoms with E-state index in [0.29, 0.717) is 24.5 Å². The topological polar surface area (TPSA) is 66.9 Å². The smallest absolute Gasteiger partial charge is 0.257 e. The molecular weight excluding hydrogens is 480 g/mol. The van der Waals surface area contributed by atoms with Gasteiger partial charge in [-0.3, -0.25) is 4.79 Å². The van der Waals surface area contributed by atoms with Gasteiger partial charge in [0.2, 0.25) is 5.88 Å². The summed E-state index contributed by atoms with van der Waals surface area (Å²) < 4.78 is 11.6. The van der Waals surface area contributed by atoms with Gasteiger partial charge in [-0.05, 0) is 49.7 Å². The summed E-state index contributed by atoms with van der Waals surface area (Å²) in [6.45, 7) is 5.73. The van der Waals surface area contributed by atoms with Crippen LogP contribution in [0, 0.1) is 0 Å². The average Bonchev–Trinajstić information content (AvgIpc) is 3.37. The van der Waals surface area contributed by atoms with E-state index in [1.807, 2.05) is 42.3 Å². The number of carbonyl (C=O) groups is 1. The van der Waals surface area contributed by atoms with Crippen molar-refractivity contribution in [2.75, 3.05) is 45.2 Å². The van der Waals surface area contributed by atoms with E-state index < -0.39 is 0 Å². The fourth-order valence-electron chi connectivity index (χ4n) is 4.14. The summed E-state index contributed by atoms with van der Waals surface area (Å²) in [5.41, 5.74) is 2.56. The number of thiophene rings is 1. The van der Waals surface area contributed by atoms with E-state index in [9.17, 15) is 4.79 Å². The molecule has 0 saturated heterocycles. The van der Waals surface area contributed by atoms with Crippen LogP contribution in [0.5, 0.6) is 11.6 Å². The zero-order valence-corrected chi connectivity index (χ0v) is 22.3. The van der Waals surface area contributed by atoms with E-state index in [1.54, 1.807) is 24.6 Å². The predicted molar refractivity (Wildman–Crippen MR) is 146 cm³/mol. The van der Waals surface area contributed by atoms with Crippen LogP contribution in [-0.2, 0) is 6.54 Å². The van der Waals surface area contributed by atoms with Gasteiger partial charge >= 0.3 is 0 Å². The van der Waals surface area contributed by atoms with Crippen LogP contribution in [0.2, 0.25) is 0 Å². The van der Waals surface area contributed by atoms with Crippen molar-refractivity contribution in [1.29, 1.82) is 0 Å². The van der Waals surface area contributed by atoms with Crippen LogP contribution in [0.15, 0.2) is 54.0 Å². The second kappa shape index (κ2) is 12.8. The molecule has 1 aromatic carbocycles. The van der Waals surface area contributed by atoms with Gasteiger partial charge in [0.1, 0.15) is 11.9 Å². The minimum Gasteiger partial charge on any atom is -0.485 e. The van der Waals surface area contributed by atoms with E-state index >= 15 is 0 Å². The number of ether oxygens (including phenoxy) is 2. The summed E-state index contributed by atoms with van der Waals surface area (Å²) in [6, 6.07) is 14.1. The zero-order valence-electron chi connectivity index (χ0n) is 20.5. The molecule has 1 aliphatic heterocycles. The molecule has 0 saturated carbocycles. The molecule has 7 nitrogen and oxygen atoms in total. The second-order valence-electron chi connectivity index (χ2n) is 8.21. The van der Waals surface area contributed by atoms with Crippen molar-refractivity contribution in [3.63, 3.8) is 0 Å². The highest BCUT2D eigenvalue weighted by atomic mass is 32.1. The van der Waals surface area contributed by atoms with Crippen LogP contribution in [0.4, 0.5) is 5.69 Å². The summed E-state index contributed by atoms with van der Waals surface area (Å²) in [7, 11) is 3.54. The molecule has 3 heterocycles. The van der Waals surface area contributed by atoms with Crippen LogP contribution in [0.25, 0.3) is 0 Å². The van der Waals surface area contributed by atoms with E-state index in [1.165, 1.54) is 4.88 Å². The number of likely N-dealkylation sites (N-methyl/N-ethyl adjacent to an activating group) is 1.